The topological polar surface area (TPSA) is 49.4 Å². The molecule has 1 atom stereocenters. The van der Waals surface area contributed by atoms with Gasteiger partial charge in [-0.15, -0.1) is 0 Å². The SMILES string of the molecule is CCC(NC(=O)Cc1ccc(N2CCCC2=O)cc1)c1ccc(Br)cc1. The van der Waals surface area contributed by atoms with Crippen LogP contribution in [0, 0.1) is 0 Å². The minimum atomic E-state index is 0.00441. The molecule has 3 rings (SSSR count). The van der Waals surface area contributed by atoms with Crippen LogP contribution < -0.4 is 10.2 Å². The van der Waals surface area contributed by atoms with E-state index in [1.165, 1.54) is 0 Å². The zero-order valence-electron chi connectivity index (χ0n) is 14.9. The first-order valence-corrected chi connectivity index (χ1v) is 9.80. The molecule has 2 amide bonds. The first-order chi connectivity index (χ1) is 12.6. The van der Waals surface area contributed by atoms with Crippen molar-refractivity contribution in [1.82, 2.24) is 5.32 Å². The second-order valence-corrected chi connectivity index (χ2v) is 7.49. The van der Waals surface area contributed by atoms with Crippen molar-refractivity contribution in [3.05, 3.63) is 64.1 Å². The number of carbonyl (C=O) groups excluding carboxylic acids is 2. The zero-order chi connectivity index (χ0) is 18.5. The first-order valence-electron chi connectivity index (χ1n) is 9.01. The highest BCUT2D eigenvalue weighted by molar-refractivity contribution is 9.10. The van der Waals surface area contributed by atoms with E-state index >= 15 is 0 Å². The number of rotatable bonds is 6. The van der Waals surface area contributed by atoms with Gasteiger partial charge in [0.1, 0.15) is 0 Å². The van der Waals surface area contributed by atoms with Crippen LogP contribution in [0.25, 0.3) is 0 Å². The van der Waals surface area contributed by atoms with Gasteiger partial charge < -0.3 is 10.2 Å². The molecule has 1 aliphatic heterocycles. The molecule has 0 bridgehead atoms. The third-order valence-corrected chi connectivity index (χ3v) is 5.23. The molecule has 1 heterocycles. The normalized spacial score (nSPS) is 15.2. The summed E-state index contributed by atoms with van der Waals surface area (Å²) >= 11 is 3.43. The summed E-state index contributed by atoms with van der Waals surface area (Å²) < 4.78 is 1.03. The maximum Gasteiger partial charge on any atom is 0.227 e. The highest BCUT2D eigenvalue weighted by Gasteiger charge is 2.21. The quantitative estimate of drug-likeness (QED) is 0.761. The molecule has 1 fully saturated rings. The third kappa shape index (κ3) is 4.52. The van der Waals surface area contributed by atoms with Gasteiger partial charge in [-0.25, -0.2) is 0 Å². The summed E-state index contributed by atoms with van der Waals surface area (Å²) in [6.07, 6.45) is 2.71. The van der Waals surface area contributed by atoms with E-state index in [0.29, 0.717) is 12.8 Å². The molecule has 2 aromatic rings. The number of hydrogen-bond acceptors (Lipinski definition) is 2. The maximum atomic E-state index is 12.4. The summed E-state index contributed by atoms with van der Waals surface area (Å²) in [5.74, 6) is 0.181. The predicted octanol–water partition coefficient (Wildman–Crippen LogP) is 4.39. The molecule has 136 valence electrons. The van der Waals surface area contributed by atoms with Crippen molar-refractivity contribution in [2.45, 2.75) is 38.6 Å². The Morgan fingerprint density at radius 3 is 2.42 bits per heavy atom. The Bertz CT molecular complexity index is 772. The van der Waals surface area contributed by atoms with Gasteiger partial charge in [0.2, 0.25) is 11.8 Å². The Hall–Kier alpha value is -2.14. The van der Waals surface area contributed by atoms with Gasteiger partial charge in [0.25, 0.3) is 0 Å². The second kappa shape index (κ2) is 8.49. The van der Waals surface area contributed by atoms with Gasteiger partial charge in [0, 0.05) is 23.1 Å². The molecule has 5 heteroatoms. The summed E-state index contributed by atoms with van der Waals surface area (Å²) in [7, 11) is 0. The summed E-state index contributed by atoms with van der Waals surface area (Å²) in [6, 6.07) is 15.8. The number of benzene rings is 2. The van der Waals surface area contributed by atoms with Crippen molar-refractivity contribution in [1.29, 1.82) is 0 Å². The predicted molar refractivity (Wildman–Crippen MR) is 107 cm³/mol. The van der Waals surface area contributed by atoms with Crippen LogP contribution in [-0.4, -0.2) is 18.4 Å². The molecule has 0 aromatic heterocycles. The highest BCUT2D eigenvalue weighted by atomic mass is 79.9. The molecule has 1 aliphatic rings. The van der Waals surface area contributed by atoms with E-state index < -0.39 is 0 Å². The van der Waals surface area contributed by atoms with Crippen LogP contribution in [0.15, 0.2) is 53.0 Å². The summed E-state index contributed by atoms with van der Waals surface area (Å²) in [5.41, 5.74) is 2.97. The van der Waals surface area contributed by atoms with Crippen LogP contribution in [0.1, 0.15) is 43.4 Å². The molecule has 26 heavy (non-hydrogen) atoms. The zero-order valence-corrected chi connectivity index (χ0v) is 16.5. The minimum Gasteiger partial charge on any atom is -0.349 e. The van der Waals surface area contributed by atoms with Gasteiger partial charge in [-0.05, 0) is 48.2 Å². The van der Waals surface area contributed by atoms with E-state index in [-0.39, 0.29) is 17.9 Å². The van der Waals surface area contributed by atoms with Crippen LogP contribution in [-0.2, 0) is 16.0 Å². The molecule has 2 aromatic carbocycles. The van der Waals surface area contributed by atoms with Crippen molar-refractivity contribution >= 4 is 33.4 Å². The molecule has 1 N–H and O–H groups in total. The molecular weight excluding hydrogens is 392 g/mol. The number of carbonyl (C=O) groups is 2. The van der Waals surface area contributed by atoms with Gasteiger partial charge in [-0.3, -0.25) is 9.59 Å². The van der Waals surface area contributed by atoms with Crippen LogP contribution in [0.5, 0.6) is 0 Å². The van der Waals surface area contributed by atoms with Crippen molar-refractivity contribution < 1.29 is 9.59 Å². The average Bonchev–Trinajstić information content (AvgIpc) is 3.07. The van der Waals surface area contributed by atoms with E-state index in [9.17, 15) is 9.59 Å². The Balaban J connectivity index is 1.60. The summed E-state index contributed by atoms with van der Waals surface area (Å²) in [4.78, 5) is 26.0. The van der Waals surface area contributed by atoms with Crippen LogP contribution in [0.3, 0.4) is 0 Å². The Labute approximate surface area is 162 Å². The number of halogens is 1. The van der Waals surface area contributed by atoms with E-state index in [2.05, 4.69) is 28.2 Å². The van der Waals surface area contributed by atoms with Gasteiger partial charge in [0.05, 0.1) is 12.5 Å². The molecule has 0 radical (unpaired) electrons. The molecule has 0 spiro atoms. The van der Waals surface area contributed by atoms with Gasteiger partial charge in [0.15, 0.2) is 0 Å². The van der Waals surface area contributed by atoms with Crippen molar-refractivity contribution in [2.75, 3.05) is 11.4 Å². The lowest BCUT2D eigenvalue weighted by Gasteiger charge is -2.18. The standard InChI is InChI=1S/C21H23BrN2O2/c1-2-19(16-7-9-17(22)10-8-16)23-20(25)14-15-5-11-18(12-6-15)24-13-3-4-21(24)26/h5-12,19H,2-4,13-14H2,1H3,(H,23,25). The molecular formula is C21H23BrN2O2. The van der Waals surface area contributed by atoms with E-state index in [1.807, 2.05) is 53.4 Å². The fraction of sp³-hybridized carbons (Fsp3) is 0.333. The molecule has 0 aliphatic carbocycles. The van der Waals surface area contributed by atoms with Gasteiger partial charge in [-0.1, -0.05) is 47.1 Å². The van der Waals surface area contributed by atoms with Gasteiger partial charge >= 0.3 is 0 Å². The number of anilines is 1. The molecule has 1 unspecified atom stereocenters. The highest BCUT2D eigenvalue weighted by Crippen LogP contribution is 2.22. The Morgan fingerprint density at radius 1 is 1.15 bits per heavy atom. The van der Waals surface area contributed by atoms with E-state index in [0.717, 1.165) is 40.7 Å². The number of nitrogens with zero attached hydrogens (tertiary/aromatic N) is 1. The average molecular weight is 415 g/mol. The van der Waals surface area contributed by atoms with Crippen molar-refractivity contribution in [3.8, 4) is 0 Å². The van der Waals surface area contributed by atoms with Gasteiger partial charge in [-0.2, -0.15) is 0 Å². The second-order valence-electron chi connectivity index (χ2n) is 6.57. The largest absolute Gasteiger partial charge is 0.349 e. The van der Waals surface area contributed by atoms with Crippen LogP contribution >= 0.6 is 15.9 Å². The van der Waals surface area contributed by atoms with Crippen LogP contribution in [0.4, 0.5) is 5.69 Å². The first kappa shape index (κ1) is 18.6. The fourth-order valence-electron chi connectivity index (χ4n) is 3.26. The van der Waals surface area contributed by atoms with Crippen molar-refractivity contribution in [3.63, 3.8) is 0 Å². The van der Waals surface area contributed by atoms with Crippen LogP contribution in [0.2, 0.25) is 0 Å². The lowest BCUT2D eigenvalue weighted by atomic mass is 10.0. The Kier molecular flexibility index (Phi) is 6.09. The van der Waals surface area contributed by atoms with E-state index in [1.54, 1.807) is 0 Å². The smallest absolute Gasteiger partial charge is 0.227 e. The number of hydrogen-bond donors (Lipinski definition) is 1. The molecule has 4 nitrogen and oxygen atoms in total. The molecule has 0 saturated carbocycles. The lowest BCUT2D eigenvalue weighted by molar-refractivity contribution is -0.121. The third-order valence-electron chi connectivity index (χ3n) is 4.70. The lowest BCUT2D eigenvalue weighted by Crippen LogP contribution is -2.29. The Morgan fingerprint density at radius 2 is 1.85 bits per heavy atom. The monoisotopic (exact) mass is 414 g/mol. The fourth-order valence-corrected chi connectivity index (χ4v) is 3.53. The summed E-state index contributed by atoms with van der Waals surface area (Å²) in [6.45, 7) is 2.85. The summed E-state index contributed by atoms with van der Waals surface area (Å²) in [5, 5.41) is 3.11. The van der Waals surface area contributed by atoms with Crippen molar-refractivity contribution in [2.24, 2.45) is 0 Å². The maximum absolute atomic E-state index is 12.4. The molecule has 1 saturated heterocycles. The number of nitrogens with one attached hydrogen (secondary N) is 1. The minimum absolute atomic E-state index is 0.00441. The van der Waals surface area contributed by atoms with E-state index in [4.69, 9.17) is 0 Å². The number of amides is 2.